The summed E-state index contributed by atoms with van der Waals surface area (Å²) >= 11 is 7.17. The predicted molar refractivity (Wildman–Crippen MR) is 57.3 cm³/mol. The number of halogens is 1. The van der Waals surface area contributed by atoms with E-state index < -0.39 is 0 Å². The van der Waals surface area contributed by atoms with Gasteiger partial charge in [0.05, 0.1) is 6.04 Å². The molecule has 2 aromatic heterocycles. The van der Waals surface area contributed by atoms with Gasteiger partial charge in [-0.2, -0.15) is 0 Å². The molecule has 0 aromatic carbocycles. The molecule has 0 unspecified atom stereocenters. The Bertz CT molecular complexity index is 511. The van der Waals surface area contributed by atoms with Crippen LogP contribution in [0.15, 0.2) is 22.6 Å². The summed E-state index contributed by atoms with van der Waals surface area (Å²) in [5, 5.41) is 13.5. The zero-order chi connectivity index (χ0) is 11.0. The van der Waals surface area contributed by atoms with Crippen molar-refractivity contribution >= 4 is 23.4 Å². The lowest BCUT2D eigenvalue weighted by Crippen LogP contribution is -1.98. The second-order valence-corrected chi connectivity index (χ2v) is 4.79. The average molecular weight is 255 g/mol. The first kappa shape index (κ1) is 9.98. The molecule has 8 heteroatoms. The van der Waals surface area contributed by atoms with Crippen LogP contribution in [0.4, 0.5) is 0 Å². The third-order valence-corrected chi connectivity index (χ3v) is 3.25. The molecule has 2 heterocycles. The standard InChI is InChI=1S/C8H7ClN6S/c9-6-3-7(11-4-10-6)16-8-12-13-14-15(8)5-1-2-5/h3-5H,1-2H2. The number of aromatic nitrogens is 6. The number of nitrogens with zero attached hydrogens (tertiary/aromatic N) is 6. The number of tetrazole rings is 1. The summed E-state index contributed by atoms with van der Waals surface area (Å²) in [6.07, 6.45) is 3.71. The van der Waals surface area contributed by atoms with Crippen LogP contribution in [0.25, 0.3) is 0 Å². The highest BCUT2D eigenvalue weighted by molar-refractivity contribution is 7.99. The molecule has 16 heavy (non-hydrogen) atoms. The molecule has 0 atom stereocenters. The van der Waals surface area contributed by atoms with Crippen molar-refractivity contribution in [3.05, 3.63) is 17.5 Å². The van der Waals surface area contributed by atoms with Gasteiger partial charge in [0.15, 0.2) is 0 Å². The van der Waals surface area contributed by atoms with Crippen LogP contribution < -0.4 is 0 Å². The van der Waals surface area contributed by atoms with Crippen molar-refractivity contribution in [3.8, 4) is 0 Å². The van der Waals surface area contributed by atoms with Gasteiger partial charge < -0.3 is 0 Å². The highest BCUT2D eigenvalue weighted by Gasteiger charge is 2.28. The Balaban J connectivity index is 1.85. The van der Waals surface area contributed by atoms with Crippen molar-refractivity contribution in [3.63, 3.8) is 0 Å². The molecule has 82 valence electrons. The molecule has 6 nitrogen and oxygen atoms in total. The molecule has 1 saturated carbocycles. The van der Waals surface area contributed by atoms with Gasteiger partial charge >= 0.3 is 0 Å². The summed E-state index contributed by atoms with van der Waals surface area (Å²) in [6.45, 7) is 0. The number of rotatable bonds is 3. The van der Waals surface area contributed by atoms with Gasteiger partial charge in [0.2, 0.25) is 5.16 Å². The van der Waals surface area contributed by atoms with Gasteiger partial charge in [0.1, 0.15) is 16.5 Å². The van der Waals surface area contributed by atoms with Crippen LogP contribution in [0.2, 0.25) is 5.15 Å². The van der Waals surface area contributed by atoms with Crippen molar-refractivity contribution < 1.29 is 0 Å². The van der Waals surface area contributed by atoms with E-state index in [1.54, 1.807) is 6.07 Å². The van der Waals surface area contributed by atoms with Gasteiger partial charge in [-0.3, -0.25) is 0 Å². The van der Waals surface area contributed by atoms with Crippen LogP contribution in [0, 0.1) is 0 Å². The fourth-order valence-corrected chi connectivity index (χ4v) is 2.29. The second kappa shape index (κ2) is 3.99. The van der Waals surface area contributed by atoms with Crippen LogP contribution in [-0.4, -0.2) is 30.2 Å². The van der Waals surface area contributed by atoms with Crippen LogP contribution in [-0.2, 0) is 0 Å². The Hall–Kier alpha value is -1.21. The molecular weight excluding hydrogens is 248 g/mol. The Kier molecular flexibility index (Phi) is 2.49. The lowest BCUT2D eigenvalue weighted by molar-refractivity contribution is 0.565. The minimum absolute atomic E-state index is 0.419. The molecule has 1 aliphatic carbocycles. The molecule has 1 fully saturated rings. The van der Waals surface area contributed by atoms with Crippen molar-refractivity contribution in [1.29, 1.82) is 0 Å². The molecule has 1 aliphatic rings. The first-order valence-corrected chi connectivity index (χ1v) is 5.95. The SMILES string of the molecule is Clc1cc(Sc2nnnn2C2CC2)ncn1. The van der Waals surface area contributed by atoms with Crippen LogP contribution in [0.5, 0.6) is 0 Å². The topological polar surface area (TPSA) is 69.4 Å². The Morgan fingerprint density at radius 3 is 3.00 bits per heavy atom. The molecule has 2 aromatic rings. The summed E-state index contributed by atoms with van der Waals surface area (Å²) in [5.41, 5.74) is 0. The van der Waals surface area contributed by atoms with Gasteiger partial charge in [-0.1, -0.05) is 11.6 Å². The maximum absolute atomic E-state index is 5.78. The van der Waals surface area contributed by atoms with Crippen molar-refractivity contribution in [2.45, 2.75) is 29.1 Å². The second-order valence-electron chi connectivity index (χ2n) is 3.42. The fourth-order valence-electron chi connectivity index (χ4n) is 1.27. The molecule has 0 bridgehead atoms. The summed E-state index contributed by atoms with van der Waals surface area (Å²) in [4.78, 5) is 7.92. The Morgan fingerprint density at radius 1 is 1.38 bits per heavy atom. The number of hydrogen-bond acceptors (Lipinski definition) is 6. The summed E-state index contributed by atoms with van der Waals surface area (Å²) in [7, 11) is 0. The van der Waals surface area contributed by atoms with Crippen molar-refractivity contribution in [1.82, 2.24) is 30.2 Å². The quantitative estimate of drug-likeness (QED) is 0.775. The van der Waals surface area contributed by atoms with Gasteiger partial charge in [0.25, 0.3) is 0 Å². The monoisotopic (exact) mass is 254 g/mol. The van der Waals surface area contributed by atoms with E-state index in [0.717, 1.165) is 23.0 Å². The molecular formula is C8H7ClN6S. The van der Waals surface area contributed by atoms with Crippen LogP contribution in [0.3, 0.4) is 0 Å². The lowest BCUT2D eigenvalue weighted by Gasteiger charge is -2.00. The van der Waals surface area contributed by atoms with Gasteiger partial charge in [-0.25, -0.2) is 14.6 Å². The molecule has 0 amide bonds. The number of hydrogen-bond donors (Lipinski definition) is 0. The van der Waals surface area contributed by atoms with Crippen LogP contribution >= 0.6 is 23.4 Å². The maximum Gasteiger partial charge on any atom is 0.215 e. The Labute approximate surface area is 100 Å². The van der Waals surface area contributed by atoms with E-state index >= 15 is 0 Å². The first-order valence-electron chi connectivity index (χ1n) is 4.76. The third-order valence-electron chi connectivity index (χ3n) is 2.16. The predicted octanol–water partition coefficient (Wildman–Crippen LogP) is 1.60. The van der Waals surface area contributed by atoms with Crippen molar-refractivity contribution in [2.24, 2.45) is 0 Å². The van der Waals surface area contributed by atoms with E-state index in [1.165, 1.54) is 18.1 Å². The highest BCUT2D eigenvalue weighted by Crippen LogP contribution is 2.37. The van der Waals surface area contributed by atoms with E-state index in [-0.39, 0.29) is 0 Å². The summed E-state index contributed by atoms with van der Waals surface area (Å²) < 4.78 is 1.83. The molecule has 0 N–H and O–H groups in total. The van der Waals surface area contributed by atoms with Gasteiger partial charge in [-0.05, 0) is 35.0 Å². The zero-order valence-electron chi connectivity index (χ0n) is 8.12. The minimum atomic E-state index is 0.419. The molecule has 0 radical (unpaired) electrons. The fraction of sp³-hybridized carbons (Fsp3) is 0.375. The van der Waals surface area contributed by atoms with E-state index in [4.69, 9.17) is 11.6 Å². The molecule has 3 rings (SSSR count). The zero-order valence-corrected chi connectivity index (χ0v) is 9.69. The van der Waals surface area contributed by atoms with Gasteiger partial charge in [0, 0.05) is 6.07 Å². The lowest BCUT2D eigenvalue weighted by atomic mass is 10.7. The minimum Gasteiger partial charge on any atom is -0.229 e. The van der Waals surface area contributed by atoms with E-state index in [9.17, 15) is 0 Å². The van der Waals surface area contributed by atoms with E-state index in [1.807, 2.05) is 4.68 Å². The molecule has 0 aliphatic heterocycles. The average Bonchev–Trinajstić information content (AvgIpc) is 3.00. The molecule has 0 spiro atoms. The maximum atomic E-state index is 5.78. The third kappa shape index (κ3) is 2.00. The van der Waals surface area contributed by atoms with Crippen molar-refractivity contribution in [2.75, 3.05) is 0 Å². The normalized spacial score (nSPS) is 15.3. The molecule has 0 saturated heterocycles. The first-order chi connectivity index (χ1) is 7.83. The highest BCUT2D eigenvalue weighted by atomic mass is 35.5. The summed E-state index contributed by atoms with van der Waals surface area (Å²) in [6, 6.07) is 2.15. The largest absolute Gasteiger partial charge is 0.229 e. The Morgan fingerprint density at radius 2 is 2.25 bits per heavy atom. The summed E-state index contributed by atoms with van der Waals surface area (Å²) in [5.74, 6) is 0. The van der Waals surface area contributed by atoms with Crippen LogP contribution in [0.1, 0.15) is 18.9 Å². The van der Waals surface area contributed by atoms with E-state index in [0.29, 0.717) is 11.2 Å². The van der Waals surface area contributed by atoms with E-state index in [2.05, 4.69) is 25.5 Å². The smallest absolute Gasteiger partial charge is 0.215 e. The van der Waals surface area contributed by atoms with Gasteiger partial charge in [-0.15, -0.1) is 5.10 Å².